The van der Waals surface area contributed by atoms with Crippen molar-refractivity contribution in [3.8, 4) is 0 Å². The molecule has 0 bridgehead atoms. The van der Waals surface area contributed by atoms with Crippen molar-refractivity contribution in [3.05, 3.63) is 37.9 Å². The highest BCUT2D eigenvalue weighted by molar-refractivity contribution is 9.10. The van der Waals surface area contributed by atoms with Crippen LogP contribution in [0.3, 0.4) is 0 Å². The summed E-state index contributed by atoms with van der Waals surface area (Å²) in [6.07, 6.45) is 0.0294. The second kappa shape index (κ2) is 5.66. The molecule has 1 aromatic rings. The molecular formula is C9H7BrCl2N2O3. The summed E-state index contributed by atoms with van der Waals surface area (Å²) in [6.45, 7) is 0. The van der Waals surface area contributed by atoms with Crippen molar-refractivity contribution in [2.75, 3.05) is 0 Å². The molecule has 0 saturated carbocycles. The fourth-order valence-electron chi connectivity index (χ4n) is 1.23. The van der Waals surface area contributed by atoms with Gasteiger partial charge in [-0.1, -0.05) is 39.1 Å². The molecule has 17 heavy (non-hydrogen) atoms. The third kappa shape index (κ3) is 3.55. The second-order valence-corrected chi connectivity index (χ2v) is 5.17. The van der Waals surface area contributed by atoms with Crippen LogP contribution in [0.5, 0.6) is 0 Å². The van der Waals surface area contributed by atoms with Crippen LogP contribution in [-0.2, 0) is 11.2 Å². The SMILES string of the molecule is NC(=O)C(Br)Cc1c(Cl)cc(Cl)cc1[N+](=O)[O-]. The highest BCUT2D eigenvalue weighted by Gasteiger charge is 2.23. The maximum absolute atomic E-state index is 10.9. The van der Waals surface area contributed by atoms with Gasteiger partial charge in [-0.05, 0) is 6.07 Å². The molecule has 1 unspecified atom stereocenters. The van der Waals surface area contributed by atoms with Crippen LogP contribution in [0.1, 0.15) is 5.56 Å². The molecule has 0 aliphatic rings. The first-order chi connectivity index (χ1) is 7.82. The van der Waals surface area contributed by atoms with E-state index in [4.69, 9.17) is 28.9 Å². The Kier molecular flexibility index (Phi) is 4.73. The second-order valence-electron chi connectivity index (χ2n) is 3.22. The Morgan fingerprint density at radius 1 is 1.53 bits per heavy atom. The maximum Gasteiger partial charge on any atom is 0.275 e. The van der Waals surface area contributed by atoms with Crippen molar-refractivity contribution in [2.45, 2.75) is 11.2 Å². The third-order valence-corrected chi connectivity index (χ3v) is 3.36. The van der Waals surface area contributed by atoms with Gasteiger partial charge in [-0.25, -0.2) is 0 Å². The first-order valence-electron chi connectivity index (χ1n) is 4.38. The van der Waals surface area contributed by atoms with Gasteiger partial charge in [-0.3, -0.25) is 14.9 Å². The Morgan fingerprint density at radius 2 is 2.12 bits per heavy atom. The standard InChI is InChI=1S/C9H7BrCl2N2O3/c10-6(9(13)15)3-5-7(12)1-4(11)2-8(5)14(16)17/h1-2,6H,3H2,(H2,13,15). The molecule has 0 aliphatic carbocycles. The minimum atomic E-state index is -0.722. The van der Waals surface area contributed by atoms with Gasteiger partial charge in [-0.15, -0.1) is 0 Å². The van der Waals surface area contributed by atoms with Gasteiger partial charge in [0.15, 0.2) is 0 Å². The number of carbonyl (C=O) groups is 1. The average Bonchev–Trinajstić information content (AvgIpc) is 2.20. The lowest BCUT2D eigenvalue weighted by Gasteiger charge is -2.08. The lowest BCUT2D eigenvalue weighted by molar-refractivity contribution is -0.385. The first kappa shape index (κ1) is 14.2. The van der Waals surface area contributed by atoms with Gasteiger partial charge in [-0.2, -0.15) is 0 Å². The van der Waals surface area contributed by atoms with Crippen LogP contribution in [0.2, 0.25) is 10.0 Å². The summed E-state index contributed by atoms with van der Waals surface area (Å²) < 4.78 is 0. The predicted octanol–water partition coefficient (Wildman–Crippen LogP) is 2.69. The molecule has 1 aromatic carbocycles. The van der Waals surface area contributed by atoms with Crippen molar-refractivity contribution < 1.29 is 9.72 Å². The summed E-state index contributed by atoms with van der Waals surface area (Å²) in [6, 6.07) is 2.57. The fraction of sp³-hybridized carbons (Fsp3) is 0.222. The zero-order valence-corrected chi connectivity index (χ0v) is 11.4. The van der Waals surface area contributed by atoms with E-state index in [9.17, 15) is 14.9 Å². The van der Waals surface area contributed by atoms with E-state index in [2.05, 4.69) is 15.9 Å². The van der Waals surface area contributed by atoms with E-state index < -0.39 is 15.7 Å². The fourth-order valence-corrected chi connectivity index (χ4v) is 2.12. The Bertz CT molecular complexity index is 482. The van der Waals surface area contributed by atoms with Crippen LogP contribution >= 0.6 is 39.1 Å². The number of nitrogens with zero attached hydrogens (tertiary/aromatic N) is 1. The van der Waals surface area contributed by atoms with Gasteiger partial charge < -0.3 is 5.73 Å². The largest absolute Gasteiger partial charge is 0.369 e. The molecule has 0 heterocycles. The van der Waals surface area contributed by atoms with Crippen molar-refractivity contribution >= 4 is 50.7 Å². The van der Waals surface area contributed by atoms with Gasteiger partial charge in [0, 0.05) is 17.5 Å². The molecule has 2 N–H and O–H groups in total. The summed E-state index contributed by atoms with van der Waals surface area (Å²) in [4.78, 5) is 20.4. The van der Waals surface area contributed by atoms with Crippen molar-refractivity contribution in [1.29, 1.82) is 0 Å². The molecule has 1 rings (SSSR count). The Morgan fingerprint density at radius 3 is 2.59 bits per heavy atom. The normalized spacial score (nSPS) is 12.2. The number of benzene rings is 1. The van der Waals surface area contributed by atoms with Crippen LogP contribution in [0.15, 0.2) is 12.1 Å². The first-order valence-corrected chi connectivity index (χ1v) is 6.05. The Hall–Kier alpha value is -0.850. The van der Waals surface area contributed by atoms with Crippen molar-refractivity contribution in [2.24, 2.45) is 5.73 Å². The molecule has 0 spiro atoms. The van der Waals surface area contributed by atoms with Gasteiger partial charge in [0.1, 0.15) is 0 Å². The van der Waals surface area contributed by atoms with E-state index in [-0.39, 0.29) is 27.7 Å². The third-order valence-electron chi connectivity index (χ3n) is 2.03. The van der Waals surface area contributed by atoms with E-state index in [1.54, 1.807) is 0 Å². The molecule has 5 nitrogen and oxygen atoms in total. The van der Waals surface area contributed by atoms with Crippen LogP contribution in [-0.4, -0.2) is 15.7 Å². The number of nitro benzene ring substituents is 1. The number of halogens is 3. The van der Waals surface area contributed by atoms with Crippen molar-refractivity contribution in [3.63, 3.8) is 0 Å². The summed E-state index contributed by atoms with van der Waals surface area (Å²) in [5.41, 5.74) is 5.06. The summed E-state index contributed by atoms with van der Waals surface area (Å²) in [7, 11) is 0. The number of hydrogen-bond acceptors (Lipinski definition) is 3. The van der Waals surface area contributed by atoms with E-state index >= 15 is 0 Å². The molecular weight excluding hydrogens is 335 g/mol. The molecule has 0 fully saturated rings. The van der Waals surface area contributed by atoms with Gasteiger partial charge in [0.25, 0.3) is 5.69 Å². The molecule has 0 aliphatic heterocycles. The zero-order chi connectivity index (χ0) is 13.2. The minimum absolute atomic E-state index is 0.0294. The number of rotatable bonds is 4. The summed E-state index contributed by atoms with van der Waals surface area (Å²) >= 11 is 14.6. The number of amides is 1. The quantitative estimate of drug-likeness (QED) is 0.519. The number of hydrogen-bond donors (Lipinski definition) is 1. The van der Waals surface area contributed by atoms with Gasteiger partial charge in [0.2, 0.25) is 5.91 Å². The monoisotopic (exact) mass is 340 g/mol. The smallest absolute Gasteiger partial charge is 0.275 e. The topological polar surface area (TPSA) is 86.2 Å². The van der Waals surface area contributed by atoms with Crippen molar-refractivity contribution in [1.82, 2.24) is 0 Å². The number of primary amides is 1. The van der Waals surface area contributed by atoms with Gasteiger partial charge >= 0.3 is 0 Å². The van der Waals surface area contributed by atoms with E-state index in [1.165, 1.54) is 12.1 Å². The highest BCUT2D eigenvalue weighted by atomic mass is 79.9. The molecule has 1 atom stereocenters. The summed E-state index contributed by atoms with van der Waals surface area (Å²) in [5, 5.41) is 11.1. The molecule has 0 saturated heterocycles. The maximum atomic E-state index is 10.9. The van der Waals surface area contributed by atoms with Gasteiger partial charge in [0.05, 0.1) is 20.3 Å². The molecule has 0 radical (unpaired) electrons. The minimum Gasteiger partial charge on any atom is -0.369 e. The highest BCUT2D eigenvalue weighted by Crippen LogP contribution is 2.32. The molecule has 0 aromatic heterocycles. The Labute approximate surface area is 115 Å². The number of carbonyl (C=O) groups excluding carboxylic acids is 1. The summed E-state index contributed by atoms with van der Waals surface area (Å²) in [5.74, 6) is -0.620. The van der Waals surface area contributed by atoms with Crippen LogP contribution in [0.4, 0.5) is 5.69 Å². The average molecular weight is 342 g/mol. The number of nitro groups is 1. The number of alkyl halides is 1. The van der Waals surface area contributed by atoms with E-state index in [0.29, 0.717) is 0 Å². The Balaban J connectivity index is 3.21. The molecule has 1 amide bonds. The number of nitrogens with two attached hydrogens (primary N) is 1. The zero-order valence-electron chi connectivity index (χ0n) is 8.32. The van der Waals surface area contributed by atoms with Crippen LogP contribution in [0.25, 0.3) is 0 Å². The lowest BCUT2D eigenvalue weighted by Crippen LogP contribution is -2.25. The molecule has 8 heteroatoms. The predicted molar refractivity (Wildman–Crippen MR) is 68.7 cm³/mol. The lowest BCUT2D eigenvalue weighted by atomic mass is 10.1. The van der Waals surface area contributed by atoms with Crippen LogP contribution in [0, 0.1) is 10.1 Å². The van der Waals surface area contributed by atoms with E-state index in [1.807, 2.05) is 0 Å². The van der Waals surface area contributed by atoms with E-state index in [0.717, 1.165) is 0 Å². The molecule has 92 valence electrons. The van der Waals surface area contributed by atoms with Crippen LogP contribution < -0.4 is 5.73 Å².